The lowest BCUT2D eigenvalue weighted by molar-refractivity contribution is -0.116. The van der Waals surface area contributed by atoms with Crippen LogP contribution in [0.3, 0.4) is 0 Å². The number of aryl methyl sites for hydroxylation is 2. The van der Waals surface area contributed by atoms with E-state index in [1.165, 1.54) is 0 Å². The third-order valence-corrected chi connectivity index (χ3v) is 3.27. The van der Waals surface area contributed by atoms with Crippen molar-refractivity contribution in [3.8, 4) is 0 Å². The first-order valence-electron chi connectivity index (χ1n) is 6.32. The lowest BCUT2D eigenvalue weighted by Gasteiger charge is -2.25. The molecule has 1 aromatic heterocycles. The molecule has 0 N–H and O–H groups in total. The van der Waals surface area contributed by atoms with Crippen LogP contribution >= 0.6 is 11.6 Å². The number of alkyl halides is 1. The SMILES string of the molecule is Cc1cccc(C)c1N(Cc1ncccn1)C(=O)CCl. The second kappa shape index (κ2) is 6.48. The van der Waals surface area contributed by atoms with Crippen molar-refractivity contribution in [2.75, 3.05) is 10.8 Å². The average molecular weight is 290 g/mol. The van der Waals surface area contributed by atoms with Crippen LogP contribution < -0.4 is 4.90 Å². The molecule has 1 amide bonds. The fraction of sp³-hybridized carbons (Fsp3) is 0.267. The van der Waals surface area contributed by atoms with Crippen LogP contribution in [0.1, 0.15) is 17.0 Å². The quantitative estimate of drug-likeness (QED) is 0.813. The van der Waals surface area contributed by atoms with Crippen LogP contribution in [0, 0.1) is 13.8 Å². The van der Waals surface area contributed by atoms with E-state index >= 15 is 0 Å². The highest BCUT2D eigenvalue weighted by molar-refractivity contribution is 6.29. The first-order chi connectivity index (χ1) is 9.63. The molecule has 0 atom stereocenters. The largest absolute Gasteiger partial charge is 0.303 e. The Labute approximate surface area is 123 Å². The Kier molecular flexibility index (Phi) is 4.69. The highest BCUT2D eigenvalue weighted by atomic mass is 35.5. The standard InChI is InChI=1S/C15H16ClN3O/c1-11-5-3-6-12(2)15(11)19(14(20)9-16)10-13-17-7-4-8-18-13/h3-8H,9-10H2,1-2H3. The summed E-state index contributed by atoms with van der Waals surface area (Å²) < 4.78 is 0. The maximum atomic E-state index is 12.2. The molecule has 1 heterocycles. The molecule has 104 valence electrons. The van der Waals surface area contributed by atoms with Crippen molar-refractivity contribution >= 4 is 23.2 Å². The van der Waals surface area contributed by atoms with Crippen molar-refractivity contribution in [2.45, 2.75) is 20.4 Å². The summed E-state index contributed by atoms with van der Waals surface area (Å²) in [4.78, 5) is 22.1. The maximum absolute atomic E-state index is 12.2. The van der Waals surface area contributed by atoms with Gasteiger partial charge in [-0.05, 0) is 31.0 Å². The molecule has 0 bridgehead atoms. The third kappa shape index (κ3) is 3.14. The van der Waals surface area contributed by atoms with E-state index in [2.05, 4.69) is 9.97 Å². The zero-order valence-electron chi connectivity index (χ0n) is 11.5. The Morgan fingerprint density at radius 3 is 2.30 bits per heavy atom. The molecule has 0 saturated heterocycles. The zero-order valence-corrected chi connectivity index (χ0v) is 12.3. The van der Waals surface area contributed by atoms with Crippen molar-refractivity contribution in [2.24, 2.45) is 0 Å². The summed E-state index contributed by atoms with van der Waals surface area (Å²) in [6.07, 6.45) is 3.33. The Hall–Kier alpha value is -1.94. The van der Waals surface area contributed by atoms with Crippen molar-refractivity contribution in [3.63, 3.8) is 0 Å². The van der Waals surface area contributed by atoms with Gasteiger partial charge in [0, 0.05) is 18.1 Å². The Morgan fingerprint density at radius 2 is 1.75 bits per heavy atom. The first-order valence-corrected chi connectivity index (χ1v) is 6.85. The van der Waals surface area contributed by atoms with E-state index in [0.29, 0.717) is 12.4 Å². The van der Waals surface area contributed by atoms with E-state index in [9.17, 15) is 4.79 Å². The summed E-state index contributed by atoms with van der Waals surface area (Å²) >= 11 is 5.74. The van der Waals surface area contributed by atoms with Gasteiger partial charge in [-0.3, -0.25) is 4.79 Å². The third-order valence-electron chi connectivity index (χ3n) is 3.04. The van der Waals surface area contributed by atoms with E-state index in [0.717, 1.165) is 16.8 Å². The van der Waals surface area contributed by atoms with E-state index in [1.807, 2.05) is 32.0 Å². The van der Waals surface area contributed by atoms with Crippen LogP contribution in [0.2, 0.25) is 0 Å². The van der Waals surface area contributed by atoms with E-state index in [1.54, 1.807) is 23.4 Å². The number of nitrogens with zero attached hydrogens (tertiary/aromatic N) is 3. The van der Waals surface area contributed by atoms with Gasteiger partial charge in [0.25, 0.3) is 0 Å². The molecule has 0 unspecified atom stereocenters. The molecule has 0 radical (unpaired) electrons. The summed E-state index contributed by atoms with van der Waals surface area (Å²) in [5.41, 5.74) is 2.93. The summed E-state index contributed by atoms with van der Waals surface area (Å²) in [5.74, 6) is 0.366. The molecular weight excluding hydrogens is 274 g/mol. The van der Waals surface area contributed by atoms with Crippen LogP contribution in [-0.4, -0.2) is 21.8 Å². The first kappa shape index (κ1) is 14.5. The van der Waals surface area contributed by atoms with E-state index in [4.69, 9.17) is 11.6 Å². The molecule has 2 aromatic rings. The second-order valence-corrected chi connectivity index (χ2v) is 4.79. The van der Waals surface area contributed by atoms with Crippen molar-refractivity contribution in [1.82, 2.24) is 9.97 Å². The normalized spacial score (nSPS) is 10.3. The van der Waals surface area contributed by atoms with Gasteiger partial charge in [0.2, 0.25) is 5.91 Å². The van der Waals surface area contributed by atoms with Gasteiger partial charge in [-0.15, -0.1) is 11.6 Å². The molecule has 0 fully saturated rings. The van der Waals surface area contributed by atoms with Gasteiger partial charge in [0.1, 0.15) is 11.7 Å². The summed E-state index contributed by atoms with van der Waals surface area (Å²) in [7, 11) is 0. The number of hydrogen-bond acceptors (Lipinski definition) is 3. The number of halogens is 1. The number of hydrogen-bond donors (Lipinski definition) is 0. The second-order valence-electron chi connectivity index (χ2n) is 4.52. The Bertz CT molecular complexity index is 581. The summed E-state index contributed by atoms with van der Waals surface area (Å²) in [6, 6.07) is 7.66. The summed E-state index contributed by atoms with van der Waals surface area (Å²) in [6.45, 7) is 4.27. The number of amides is 1. The molecule has 4 nitrogen and oxygen atoms in total. The van der Waals surface area contributed by atoms with Crippen LogP contribution in [0.15, 0.2) is 36.7 Å². The minimum atomic E-state index is -0.156. The maximum Gasteiger partial charge on any atom is 0.242 e. The molecule has 0 saturated carbocycles. The number of carbonyl (C=O) groups excluding carboxylic acids is 1. The number of para-hydroxylation sites is 1. The number of benzene rings is 1. The van der Waals surface area contributed by atoms with Gasteiger partial charge >= 0.3 is 0 Å². The number of rotatable bonds is 4. The average Bonchev–Trinajstić information content (AvgIpc) is 2.46. The predicted octanol–water partition coefficient (Wildman–Crippen LogP) is 2.87. The van der Waals surface area contributed by atoms with E-state index in [-0.39, 0.29) is 11.8 Å². The van der Waals surface area contributed by atoms with E-state index < -0.39 is 0 Å². The van der Waals surface area contributed by atoms with Crippen molar-refractivity contribution in [1.29, 1.82) is 0 Å². The lowest BCUT2D eigenvalue weighted by atomic mass is 10.1. The van der Waals surface area contributed by atoms with Crippen LogP contribution in [0.25, 0.3) is 0 Å². The molecule has 2 rings (SSSR count). The fourth-order valence-electron chi connectivity index (χ4n) is 2.15. The molecule has 0 aliphatic rings. The predicted molar refractivity (Wildman–Crippen MR) is 79.9 cm³/mol. The Balaban J connectivity index is 2.41. The number of anilines is 1. The number of carbonyl (C=O) groups is 1. The van der Waals surface area contributed by atoms with Gasteiger partial charge in [0.05, 0.1) is 6.54 Å². The van der Waals surface area contributed by atoms with Crippen LogP contribution in [0.5, 0.6) is 0 Å². The van der Waals surface area contributed by atoms with Crippen molar-refractivity contribution < 1.29 is 4.79 Å². The molecule has 0 spiro atoms. The number of aromatic nitrogens is 2. The van der Waals surface area contributed by atoms with Gasteiger partial charge in [-0.25, -0.2) is 9.97 Å². The monoisotopic (exact) mass is 289 g/mol. The van der Waals surface area contributed by atoms with Gasteiger partial charge in [-0.1, -0.05) is 18.2 Å². The molecule has 5 heteroatoms. The van der Waals surface area contributed by atoms with Crippen LogP contribution in [-0.2, 0) is 11.3 Å². The molecule has 0 aliphatic heterocycles. The summed E-state index contributed by atoms with van der Waals surface area (Å²) in [5, 5.41) is 0. The highest BCUT2D eigenvalue weighted by Crippen LogP contribution is 2.26. The van der Waals surface area contributed by atoms with Crippen molar-refractivity contribution in [3.05, 3.63) is 53.6 Å². The topological polar surface area (TPSA) is 46.1 Å². The Morgan fingerprint density at radius 1 is 1.15 bits per heavy atom. The lowest BCUT2D eigenvalue weighted by Crippen LogP contribution is -2.33. The van der Waals surface area contributed by atoms with Gasteiger partial charge < -0.3 is 4.90 Å². The zero-order chi connectivity index (χ0) is 14.5. The van der Waals surface area contributed by atoms with Gasteiger partial charge in [-0.2, -0.15) is 0 Å². The molecule has 0 aliphatic carbocycles. The minimum absolute atomic E-state index is 0.0688. The highest BCUT2D eigenvalue weighted by Gasteiger charge is 2.19. The van der Waals surface area contributed by atoms with Crippen LogP contribution in [0.4, 0.5) is 5.69 Å². The van der Waals surface area contributed by atoms with Gasteiger partial charge in [0.15, 0.2) is 0 Å². The molecule has 1 aromatic carbocycles. The molecular formula is C15H16ClN3O. The fourth-order valence-corrected chi connectivity index (χ4v) is 2.29. The smallest absolute Gasteiger partial charge is 0.242 e. The minimum Gasteiger partial charge on any atom is -0.303 e. The molecule has 20 heavy (non-hydrogen) atoms.